The highest BCUT2D eigenvalue weighted by molar-refractivity contribution is 6.99. The largest absolute Gasteiger partial charge is 0.454 e. The zero-order chi connectivity index (χ0) is 27.9. The minimum atomic E-state index is 0.0295. The van der Waals surface area contributed by atoms with Crippen molar-refractivity contribution in [3.8, 4) is 22.8 Å². The molecule has 0 N–H and O–H groups in total. The highest BCUT2D eigenvalue weighted by atomic mass is 16.5. The van der Waals surface area contributed by atoms with Crippen molar-refractivity contribution in [2.24, 2.45) is 7.05 Å². The first-order valence-electron chi connectivity index (χ1n) is 14.4. The molecule has 0 fully saturated rings. The van der Waals surface area contributed by atoms with Crippen LogP contribution in [-0.4, -0.2) is 6.71 Å². The van der Waals surface area contributed by atoms with Gasteiger partial charge in [0.05, 0.1) is 5.56 Å². The molecule has 198 valence electrons. The molecule has 0 atom stereocenters. The molecule has 4 nitrogen and oxygen atoms in total. The van der Waals surface area contributed by atoms with Gasteiger partial charge in [-0.15, -0.1) is 0 Å². The second kappa shape index (κ2) is 8.61. The van der Waals surface area contributed by atoms with E-state index < -0.39 is 0 Å². The van der Waals surface area contributed by atoms with Crippen LogP contribution in [0.3, 0.4) is 0 Å². The van der Waals surface area contributed by atoms with E-state index in [0.29, 0.717) is 0 Å². The topological polar surface area (TPSA) is 29.5 Å². The summed E-state index contributed by atoms with van der Waals surface area (Å²) in [4.78, 5) is 2.35. The highest BCUT2D eigenvalue weighted by Gasteiger charge is 2.42. The van der Waals surface area contributed by atoms with Crippen LogP contribution in [0.4, 0.5) is 17.1 Å². The van der Waals surface area contributed by atoms with Gasteiger partial charge in [0.25, 0.3) is 6.71 Å². The van der Waals surface area contributed by atoms with Gasteiger partial charge >= 0.3 is 0 Å². The fourth-order valence-corrected chi connectivity index (χ4v) is 7.04. The summed E-state index contributed by atoms with van der Waals surface area (Å²) in [6.07, 6.45) is 2.08. The first kappa shape index (κ1) is 23.4. The van der Waals surface area contributed by atoms with Crippen LogP contribution in [0.25, 0.3) is 33.2 Å². The van der Waals surface area contributed by atoms with Crippen LogP contribution >= 0.6 is 0 Å². The molecule has 0 aliphatic carbocycles. The molecule has 0 saturated carbocycles. The molecule has 9 rings (SSSR count). The normalized spacial score (nSPS) is 13.1. The number of aromatic nitrogens is 1. The van der Waals surface area contributed by atoms with Crippen molar-refractivity contribution in [2.45, 2.75) is 6.92 Å². The SMILES string of the molecule is Cc1ccc2c(oc3c4c(ccc32)B2c3ccccc3N(c3ccccc3)c3cccc(c32)O4)c1-c1cccc[n+]1C. The summed E-state index contributed by atoms with van der Waals surface area (Å²) in [5, 5.41) is 2.16. The van der Waals surface area contributed by atoms with E-state index in [1.54, 1.807) is 0 Å². The first-order valence-corrected chi connectivity index (χ1v) is 14.4. The Morgan fingerprint density at radius 2 is 1.43 bits per heavy atom. The number of rotatable bonds is 2. The van der Waals surface area contributed by atoms with Crippen molar-refractivity contribution in [2.75, 3.05) is 4.90 Å². The third-order valence-corrected chi connectivity index (χ3v) is 8.91. The molecule has 0 unspecified atom stereocenters. The number of pyridine rings is 1. The van der Waals surface area contributed by atoms with Crippen molar-refractivity contribution < 1.29 is 13.7 Å². The lowest BCUT2D eigenvalue weighted by atomic mass is 9.34. The van der Waals surface area contributed by atoms with Crippen molar-refractivity contribution in [1.29, 1.82) is 0 Å². The van der Waals surface area contributed by atoms with E-state index in [9.17, 15) is 0 Å². The van der Waals surface area contributed by atoms with E-state index in [1.165, 1.54) is 22.2 Å². The summed E-state index contributed by atoms with van der Waals surface area (Å²) in [5.41, 5.74) is 12.1. The Morgan fingerprint density at radius 1 is 0.667 bits per heavy atom. The molecule has 0 spiro atoms. The quantitative estimate of drug-likeness (QED) is 0.178. The molecule has 0 radical (unpaired) electrons. The number of hydrogen-bond acceptors (Lipinski definition) is 3. The van der Waals surface area contributed by atoms with Gasteiger partial charge in [-0.3, -0.25) is 0 Å². The van der Waals surface area contributed by atoms with E-state index in [-0.39, 0.29) is 6.71 Å². The highest BCUT2D eigenvalue weighted by Crippen LogP contribution is 2.44. The zero-order valence-corrected chi connectivity index (χ0v) is 23.3. The maximum Gasteiger partial charge on any atom is 0.256 e. The predicted octanol–water partition coefficient (Wildman–Crippen LogP) is 6.79. The number of benzene rings is 5. The smallest absolute Gasteiger partial charge is 0.256 e. The lowest BCUT2D eigenvalue weighted by Gasteiger charge is -2.39. The van der Waals surface area contributed by atoms with Crippen LogP contribution in [0.2, 0.25) is 0 Å². The number of furan rings is 1. The maximum atomic E-state index is 6.86. The zero-order valence-electron chi connectivity index (χ0n) is 23.3. The van der Waals surface area contributed by atoms with Crippen molar-refractivity contribution >= 4 is 62.1 Å². The van der Waals surface area contributed by atoms with Crippen LogP contribution < -0.4 is 30.6 Å². The number of fused-ring (bicyclic) bond motifs is 8. The van der Waals surface area contributed by atoms with Gasteiger partial charge in [-0.2, -0.15) is 0 Å². The number of para-hydroxylation sites is 2. The second-order valence-electron chi connectivity index (χ2n) is 11.2. The summed E-state index contributed by atoms with van der Waals surface area (Å²) >= 11 is 0. The number of hydrogen-bond donors (Lipinski definition) is 0. The monoisotopic (exact) mass is 541 g/mol. The molecular formula is C37H26BN2O2+. The lowest BCUT2D eigenvalue weighted by molar-refractivity contribution is -0.660. The third-order valence-electron chi connectivity index (χ3n) is 8.91. The van der Waals surface area contributed by atoms with Crippen LogP contribution in [-0.2, 0) is 7.05 Å². The van der Waals surface area contributed by atoms with Crippen LogP contribution in [0.5, 0.6) is 11.5 Å². The molecule has 4 heterocycles. The van der Waals surface area contributed by atoms with E-state index in [2.05, 4.69) is 145 Å². The standard InChI is InChI=1S/C37H26BN2O2/c1-23-18-19-25-26-20-21-28-37(36(26)42-35(25)33(23)30-15-8-9-22-39(30)2)41-32-17-10-16-31-34(32)38(28)27-13-6-7-14-29(27)40(31)24-11-4-3-5-12-24/h3-22H,1-2H3/q+1. The van der Waals surface area contributed by atoms with Crippen LogP contribution in [0.1, 0.15) is 5.56 Å². The Labute approximate surface area is 244 Å². The summed E-state index contributed by atoms with van der Waals surface area (Å²) < 4.78 is 15.8. The van der Waals surface area contributed by atoms with Gasteiger partial charge in [0.2, 0.25) is 5.69 Å². The Morgan fingerprint density at radius 3 is 2.31 bits per heavy atom. The minimum Gasteiger partial charge on any atom is -0.454 e. The third kappa shape index (κ3) is 3.11. The average Bonchev–Trinajstić information content (AvgIpc) is 3.41. The molecule has 7 aromatic rings. The molecule has 0 bridgehead atoms. The summed E-state index contributed by atoms with van der Waals surface area (Å²) in [5.74, 6) is 1.68. The Hall–Kier alpha value is -5.29. The first-order chi connectivity index (χ1) is 20.7. The molecule has 0 amide bonds. The van der Waals surface area contributed by atoms with Gasteiger partial charge in [-0.25, -0.2) is 4.57 Å². The Balaban J connectivity index is 1.32. The fraction of sp³-hybridized carbons (Fsp3) is 0.0541. The molecule has 2 aliphatic rings. The van der Waals surface area contributed by atoms with E-state index in [4.69, 9.17) is 9.15 Å². The summed E-state index contributed by atoms with van der Waals surface area (Å²) in [6, 6.07) is 40.8. The molecule has 2 aliphatic heterocycles. The Bertz CT molecular complexity index is 2220. The molecule has 5 aromatic carbocycles. The molecule has 0 saturated heterocycles. The molecule has 2 aromatic heterocycles. The molecular weight excluding hydrogens is 515 g/mol. The minimum absolute atomic E-state index is 0.0295. The molecule has 42 heavy (non-hydrogen) atoms. The number of nitrogens with zero attached hydrogens (tertiary/aromatic N) is 2. The summed E-state index contributed by atoms with van der Waals surface area (Å²) in [7, 11) is 2.08. The van der Waals surface area contributed by atoms with Crippen LogP contribution in [0.15, 0.2) is 126 Å². The van der Waals surface area contributed by atoms with Gasteiger partial charge < -0.3 is 14.1 Å². The Kier molecular flexibility index (Phi) is 4.80. The second-order valence-corrected chi connectivity index (χ2v) is 11.2. The van der Waals surface area contributed by atoms with Gasteiger partial charge in [-0.1, -0.05) is 66.7 Å². The van der Waals surface area contributed by atoms with Gasteiger partial charge in [0.1, 0.15) is 18.4 Å². The van der Waals surface area contributed by atoms with Crippen molar-refractivity contribution in [3.05, 3.63) is 127 Å². The number of ether oxygens (including phenoxy) is 1. The van der Waals surface area contributed by atoms with Gasteiger partial charge in [0, 0.05) is 40.0 Å². The summed E-state index contributed by atoms with van der Waals surface area (Å²) in [6.45, 7) is 2.18. The fourth-order valence-electron chi connectivity index (χ4n) is 7.04. The number of anilines is 3. The van der Waals surface area contributed by atoms with Crippen molar-refractivity contribution in [1.82, 2.24) is 0 Å². The number of aryl methyl sites for hydroxylation is 2. The van der Waals surface area contributed by atoms with Crippen LogP contribution in [0, 0.1) is 6.92 Å². The van der Waals surface area contributed by atoms with Gasteiger partial charge in [-0.05, 0) is 65.3 Å². The molecule has 5 heteroatoms. The van der Waals surface area contributed by atoms with E-state index in [1.807, 2.05) is 0 Å². The van der Waals surface area contributed by atoms with Gasteiger partial charge in [0.15, 0.2) is 17.5 Å². The van der Waals surface area contributed by atoms with E-state index >= 15 is 0 Å². The average molecular weight is 541 g/mol. The van der Waals surface area contributed by atoms with Crippen molar-refractivity contribution in [3.63, 3.8) is 0 Å². The lowest BCUT2D eigenvalue weighted by Crippen LogP contribution is -2.59. The maximum absolute atomic E-state index is 6.86. The predicted molar refractivity (Wildman–Crippen MR) is 171 cm³/mol. The van der Waals surface area contributed by atoms with E-state index in [0.717, 1.165) is 61.5 Å².